The first-order chi connectivity index (χ1) is 12.7. The molecule has 3 aromatic rings. The maximum absolute atomic E-state index is 12.9. The maximum atomic E-state index is 12.9. The molecule has 0 N–H and O–H groups in total. The highest BCUT2D eigenvalue weighted by Gasteiger charge is 2.36. The fourth-order valence-corrected chi connectivity index (χ4v) is 4.42. The highest BCUT2D eigenvalue weighted by atomic mass is 16.5. The number of carbonyl (C=O) groups is 1. The van der Waals surface area contributed by atoms with Crippen molar-refractivity contribution in [3.63, 3.8) is 0 Å². The zero-order valence-electron chi connectivity index (χ0n) is 14.3. The van der Waals surface area contributed by atoms with Crippen LogP contribution in [0.4, 0.5) is 0 Å². The van der Waals surface area contributed by atoms with Crippen LogP contribution in [0.25, 0.3) is 11.0 Å². The molecular formula is C20H19N3O3. The number of benzene rings is 1. The second kappa shape index (κ2) is 5.83. The predicted molar refractivity (Wildman–Crippen MR) is 95.8 cm³/mol. The highest BCUT2D eigenvalue weighted by molar-refractivity contribution is 5.86. The van der Waals surface area contributed by atoms with Crippen molar-refractivity contribution >= 4 is 16.9 Å². The maximum Gasteiger partial charge on any atom is 0.250 e. The van der Waals surface area contributed by atoms with E-state index in [1.165, 1.54) is 0 Å². The summed E-state index contributed by atoms with van der Waals surface area (Å²) >= 11 is 0. The number of hydrogen-bond acceptors (Lipinski definition) is 4. The van der Waals surface area contributed by atoms with Gasteiger partial charge in [-0.1, -0.05) is 23.4 Å². The van der Waals surface area contributed by atoms with Crippen molar-refractivity contribution in [2.75, 3.05) is 13.1 Å². The fraction of sp³-hybridized carbons (Fsp3) is 0.350. The van der Waals surface area contributed by atoms with Crippen molar-refractivity contribution in [1.82, 2.24) is 14.6 Å². The van der Waals surface area contributed by atoms with E-state index in [0.29, 0.717) is 36.8 Å². The van der Waals surface area contributed by atoms with E-state index in [9.17, 15) is 9.59 Å². The molecule has 1 amide bonds. The van der Waals surface area contributed by atoms with Crippen LogP contribution < -0.4 is 5.56 Å². The summed E-state index contributed by atoms with van der Waals surface area (Å²) in [7, 11) is 0. The van der Waals surface area contributed by atoms with Crippen LogP contribution in [0.5, 0.6) is 0 Å². The lowest BCUT2D eigenvalue weighted by Crippen LogP contribution is -2.49. The molecule has 132 valence electrons. The van der Waals surface area contributed by atoms with E-state index in [4.69, 9.17) is 4.52 Å². The van der Waals surface area contributed by atoms with Gasteiger partial charge in [-0.25, -0.2) is 0 Å². The van der Waals surface area contributed by atoms with Gasteiger partial charge in [0.15, 0.2) is 5.58 Å². The van der Waals surface area contributed by atoms with Crippen LogP contribution in [0.1, 0.15) is 23.7 Å². The molecule has 4 heterocycles. The Labute approximate surface area is 150 Å². The molecule has 1 fully saturated rings. The van der Waals surface area contributed by atoms with Gasteiger partial charge in [0.05, 0.1) is 6.42 Å². The van der Waals surface area contributed by atoms with Gasteiger partial charge in [-0.3, -0.25) is 9.59 Å². The van der Waals surface area contributed by atoms with E-state index in [1.54, 1.807) is 6.07 Å². The molecule has 0 saturated carbocycles. The third-order valence-corrected chi connectivity index (χ3v) is 5.60. The third kappa shape index (κ3) is 2.44. The summed E-state index contributed by atoms with van der Waals surface area (Å²) in [5.41, 5.74) is 2.52. The Morgan fingerprint density at radius 1 is 1.12 bits per heavy atom. The van der Waals surface area contributed by atoms with Crippen molar-refractivity contribution in [1.29, 1.82) is 0 Å². The van der Waals surface area contributed by atoms with Gasteiger partial charge in [-0.15, -0.1) is 0 Å². The monoisotopic (exact) mass is 349 g/mol. The van der Waals surface area contributed by atoms with Crippen LogP contribution >= 0.6 is 0 Å². The van der Waals surface area contributed by atoms with Gasteiger partial charge >= 0.3 is 0 Å². The molecule has 6 nitrogen and oxygen atoms in total. The number of pyridine rings is 1. The molecule has 6 heteroatoms. The van der Waals surface area contributed by atoms with E-state index < -0.39 is 0 Å². The average Bonchev–Trinajstić information content (AvgIpc) is 3.05. The first-order valence-corrected chi connectivity index (χ1v) is 9.00. The Morgan fingerprint density at radius 3 is 2.92 bits per heavy atom. The lowest BCUT2D eigenvalue weighted by molar-refractivity contribution is -0.133. The van der Waals surface area contributed by atoms with Gasteiger partial charge in [0.2, 0.25) is 5.91 Å². The Hall–Kier alpha value is -2.89. The van der Waals surface area contributed by atoms with Crippen LogP contribution in [0.15, 0.2) is 51.8 Å². The highest BCUT2D eigenvalue weighted by Crippen LogP contribution is 2.35. The topological polar surface area (TPSA) is 68.3 Å². The van der Waals surface area contributed by atoms with Crippen molar-refractivity contribution in [2.45, 2.75) is 25.3 Å². The smallest absolute Gasteiger partial charge is 0.250 e. The normalized spacial score (nSPS) is 21.6. The van der Waals surface area contributed by atoms with Crippen molar-refractivity contribution in [3.8, 4) is 0 Å². The summed E-state index contributed by atoms with van der Waals surface area (Å²) in [5.74, 6) is 0.638. The Balaban J connectivity index is 1.39. The second-order valence-corrected chi connectivity index (χ2v) is 7.30. The molecule has 0 spiro atoms. The number of amides is 1. The van der Waals surface area contributed by atoms with Crippen LogP contribution in [0.2, 0.25) is 0 Å². The molecule has 1 saturated heterocycles. The molecule has 0 unspecified atom stereocenters. The molecule has 5 rings (SSSR count). The van der Waals surface area contributed by atoms with E-state index in [2.05, 4.69) is 5.16 Å². The number of rotatable bonds is 2. The van der Waals surface area contributed by atoms with E-state index >= 15 is 0 Å². The van der Waals surface area contributed by atoms with Gasteiger partial charge in [0.1, 0.15) is 5.69 Å². The van der Waals surface area contributed by atoms with Gasteiger partial charge in [0.25, 0.3) is 5.56 Å². The molecule has 2 aliphatic heterocycles. The standard InChI is InChI=1S/C20H19N3O3/c24-19-7-3-5-17-14-8-13(11-23(17)19)10-22(12-14)20(25)9-16-15-4-1-2-6-18(15)26-21-16/h1-7,13-14H,8-12H2/t13-,14-/m1/s1. The molecule has 1 aromatic carbocycles. The van der Waals surface area contributed by atoms with Crippen LogP contribution in [0, 0.1) is 5.92 Å². The zero-order chi connectivity index (χ0) is 17.7. The van der Waals surface area contributed by atoms with Crippen LogP contribution in [-0.2, 0) is 17.8 Å². The SMILES string of the molecule is O=C(Cc1noc2ccccc12)N1C[C@H]2C[C@H](C1)c1cccc(=O)n1C2. The molecule has 2 aromatic heterocycles. The molecule has 2 atom stereocenters. The number of para-hydroxylation sites is 1. The number of carbonyl (C=O) groups excluding carboxylic acids is 1. The molecule has 0 aliphatic carbocycles. The van der Waals surface area contributed by atoms with Crippen molar-refractivity contribution in [3.05, 3.63) is 64.2 Å². The van der Waals surface area contributed by atoms with Gasteiger partial charge in [-0.05, 0) is 30.5 Å². The minimum atomic E-state index is 0.0612. The lowest BCUT2D eigenvalue weighted by Gasteiger charge is -2.42. The predicted octanol–water partition coefficient (Wildman–Crippen LogP) is 2.18. The zero-order valence-corrected chi connectivity index (χ0v) is 14.3. The average molecular weight is 349 g/mol. The number of hydrogen-bond donors (Lipinski definition) is 0. The second-order valence-electron chi connectivity index (χ2n) is 7.30. The minimum absolute atomic E-state index is 0.0612. The summed E-state index contributed by atoms with van der Waals surface area (Å²) in [6, 6.07) is 13.1. The van der Waals surface area contributed by atoms with E-state index in [1.807, 2.05) is 45.9 Å². The Kier molecular flexibility index (Phi) is 3.45. The largest absolute Gasteiger partial charge is 0.356 e. The number of nitrogens with zero attached hydrogens (tertiary/aromatic N) is 3. The summed E-state index contributed by atoms with van der Waals surface area (Å²) in [6.07, 6.45) is 1.29. The van der Waals surface area contributed by atoms with Gasteiger partial charge < -0.3 is 14.0 Å². The quantitative estimate of drug-likeness (QED) is 0.711. The van der Waals surface area contributed by atoms with Gasteiger partial charge in [0, 0.05) is 42.7 Å². The van der Waals surface area contributed by atoms with Crippen molar-refractivity contribution in [2.24, 2.45) is 5.92 Å². The fourth-order valence-electron chi connectivity index (χ4n) is 4.42. The summed E-state index contributed by atoms with van der Waals surface area (Å²) in [4.78, 5) is 26.9. The summed E-state index contributed by atoms with van der Waals surface area (Å²) in [5, 5.41) is 4.98. The van der Waals surface area contributed by atoms with E-state index in [-0.39, 0.29) is 23.8 Å². The molecular weight excluding hydrogens is 330 g/mol. The summed E-state index contributed by atoms with van der Waals surface area (Å²) < 4.78 is 7.19. The molecule has 2 bridgehead atoms. The van der Waals surface area contributed by atoms with Crippen LogP contribution in [-0.4, -0.2) is 33.6 Å². The Bertz CT molecular complexity index is 1050. The summed E-state index contributed by atoms with van der Waals surface area (Å²) in [6.45, 7) is 2.06. The number of aromatic nitrogens is 2. The molecule has 26 heavy (non-hydrogen) atoms. The first kappa shape index (κ1) is 15.4. The van der Waals surface area contributed by atoms with Gasteiger partial charge in [-0.2, -0.15) is 0 Å². The third-order valence-electron chi connectivity index (χ3n) is 5.60. The molecule has 2 aliphatic rings. The minimum Gasteiger partial charge on any atom is -0.356 e. The number of piperidine rings is 1. The molecule has 0 radical (unpaired) electrons. The first-order valence-electron chi connectivity index (χ1n) is 9.00. The number of fused-ring (bicyclic) bond motifs is 5. The lowest BCUT2D eigenvalue weighted by atomic mass is 9.83. The van der Waals surface area contributed by atoms with Crippen molar-refractivity contribution < 1.29 is 9.32 Å². The van der Waals surface area contributed by atoms with Crippen LogP contribution in [0.3, 0.4) is 0 Å². The number of likely N-dealkylation sites (tertiary alicyclic amines) is 1. The van der Waals surface area contributed by atoms with E-state index in [0.717, 1.165) is 17.5 Å². The Morgan fingerprint density at radius 2 is 2.00 bits per heavy atom.